The van der Waals surface area contributed by atoms with E-state index in [1.165, 1.54) is 0 Å². The van der Waals surface area contributed by atoms with Crippen LogP contribution in [0.15, 0.2) is 54.6 Å². The highest BCUT2D eigenvalue weighted by Gasteiger charge is 2.25. The zero-order valence-electron chi connectivity index (χ0n) is 14.3. The molecule has 0 saturated heterocycles. The smallest absolute Gasteiger partial charge is 0.242 e. The molecule has 2 atom stereocenters. The van der Waals surface area contributed by atoms with E-state index in [-0.39, 0.29) is 5.91 Å². The number of hydrogen-bond acceptors (Lipinski definition) is 3. The predicted molar refractivity (Wildman–Crippen MR) is 98.8 cm³/mol. The molecule has 0 aliphatic carbocycles. The van der Waals surface area contributed by atoms with Crippen LogP contribution in [-0.2, 0) is 21.3 Å². The van der Waals surface area contributed by atoms with Gasteiger partial charge in [-0.25, -0.2) is 0 Å². The SMILES string of the molecule is CCN(C(=O)C(C)S(=O)Cc1cccc(OC)c1)c1ccccc1. The largest absolute Gasteiger partial charge is 0.497 e. The molecule has 0 N–H and O–H groups in total. The van der Waals surface area contributed by atoms with Crippen molar-refractivity contribution in [1.82, 2.24) is 0 Å². The third-order valence-electron chi connectivity index (χ3n) is 3.84. The van der Waals surface area contributed by atoms with Crippen molar-refractivity contribution in [3.05, 3.63) is 60.2 Å². The first-order chi connectivity index (χ1) is 11.6. The molecule has 1 amide bonds. The van der Waals surface area contributed by atoms with Gasteiger partial charge in [-0.15, -0.1) is 0 Å². The van der Waals surface area contributed by atoms with Crippen LogP contribution >= 0.6 is 0 Å². The van der Waals surface area contributed by atoms with Crippen LogP contribution in [0.5, 0.6) is 5.75 Å². The molecule has 2 aromatic rings. The Balaban J connectivity index is 2.09. The Hall–Kier alpha value is -2.14. The van der Waals surface area contributed by atoms with E-state index >= 15 is 0 Å². The molecule has 0 heterocycles. The van der Waals surface area contributed by atoms with Crippen LogP contribution in [-0.4, -0.2) is 29.0 Å². The van der Waals surface area contributed by atoms with Gasteiger partial charge in [0.2, 0.25) is 5.91 Å². The number of rotatable bonds is 7. The van der Waals surface area contributed by atoms with Crippen LogP contribution in [0.3, 0.4) is 0 Å². The Morgan fingerprint density at radius 1 is 1.17 bits per heavy atom. The summed E-state index contributed by atoms with van der Waals surface area (Å²) in [6.45, 7) is 4.19. The molecule has 0 fully saturated rings. The molecule has 0 aromatic heterocycles. The first kappa shape index (κ1) is 18.2. The highest BCUT2D eigenvalue weighted by atomic mass is 32.2. The lowest BCUT2D eigenvalue weighted by atomic mass is 10.2. The predicted octanol–water partition coefficient (Wildman–Crippen LogP) is 3.39. The van der Waals surface area contributed by atoms with Crippen LogP contribution < -0.4 is 9.64 Å². The van der Waals surface area contributed by atoms with Gasteiger partial charge in [-0.1, -0.05) is 30.3 Å². The Kier molecular flexibility index (Phi) is 6.55. The standard InChI is InChI=1S/C19H23NO3S/c1-4-20(17-10-6-5-7-11-17)19(21)15(2)24(22)14-16-9-8-12-18(13-16)23-3/h5-13,15H,4,14H2,1-3H3. The minimum absolute atomic E-state index is 0.120. The first-order valence-corrected chi connectivity index (χ1v) is 9.31. The van der Waals surface area contributed by atoms with Crippen molar-refractivity contribution in [3.63, 3.8) is 0 Å². The average molecular weight is 345 g/mol. The van der Waals surface area contributed by atoms with E-state index in [9.17, 15) is 9.00 Å². The van der Waals surface area contributed by atoms with Crippen molar-refractivity contribution in [2.24, 2.45) is 0 Å². The zero-order valence-corrected chi connectivity index (χ0v) is 15.1. The van der Waals surface area contributed by atoms with Crippen LogP contribution in [0.1, 0.15) is 19.4 Å². The fourth-order valence-corrected chi connectivity index (χ4v) is 3.57. The maximum absolute atomic E-state index is 12.7. The maximum Gasteiger partial charge on any atom is 0.242 e. The molecule has 0 radical (unpaired) electrons. The highest BCUT2D eigenvalue weighted by Crippen LogP contribution is 2.18. The highest BCUT2D eigenvalue weighted by molar-refractivity contribution is 7.85. The Bertz CT molecular complexity index is 703. The Morgan fingerprint density at radius 2 is 1.88 bits per heavy atom. The van der Waals surface area contributed by atoms with E-state index in [0.717, 1.165) is 17.0 Å². The van der Waals surface area contributed by atoms with Gasteiger partial charge in [0.15, 0.2) is 0 Å². The lowest BCUT2D eigenvalue weighted by molar-refractivity contribution is -0.117. The molecule has 0 saturated carbocycles. The van der Waals surface area contributed by atoms with E-state index in [1.54, 1.807) is 18.9 Å². The number of anilines is 1. The topological polar surface area (TPSA) is 46.6 Å². The van der Waals surface area contributed by atoms with Gasteiger partial charge in [-0.2, -0.15) is 0 Å². The van der Waals surface area contributed by atoms with Crippen LogP contribution in [0.4, 0.5) is 5.69 Å². The van der Waals surface area contributed by atoms with E-state index in [4.69, 9.17) is 4.74 Å². The Labute approximate surface area is 145 Å². The van der Waals surface area contributed by atoms with Crippen molar-refractivity contribution in [3.8, 4) is 5.75 Å². The van der Waals surface area contributed by atoms with Gasteiger partial charge in [-0.3, -0.25) is 9.00 Å². The average Bonchev–Trinajstić information content (AvgIpc) is 2.62. The number of ether oxygens (including phenoxy) is 1. The molecular formula is C19H23NO3S. The third-order valence-corrected chi connectivity index (χ3v) is 5.44. The van der Waals surface area contributed by atoms with E-state index in [2.05, 4.69) is 0 Å². The molecule has 2 rings (SSSR count). The molecule has 128 valence electrons. The number of nitrogens with zero attached hydrogens (tertiary/aromatic N) is 1. The van der Waals surface area contributed by atoms with Crippen LogP contribution in [0, 0.1) is 0 Å². The Morgan fingerprint density at radius 3 is 2.50 bits per heavy atom. The van der Waals surface area contributed by atoms with E-state index < -0.39 is 16.0 Å². The number of carbonyl (C=O) groups is 1. The van der Waals surface area contributed by atoms with Gasteiger partial charge in [0.25, 0.3) is 0 Å². The number of hydrogen-bond donors (Lipinski definition) is 0. The molecule has 0 aliphatic rings. The van der Waals surface area contributed by atoms with Crippen molar-refractivity contribution in [2.75, 3.05) is 18.6 Å². The summed E-state index contributed by atoms with van der Waals surface area (Å²) < 4.78 is 17.8. The summed E-state index contributed by atoms with van der Waals surface area (Å²) in [5, 5.41) is -0.573. The summed E-state index contributed by atoms with van der Waals surface area (Å²) in [6, 6.07) is 16.9. The minimum atomic E-state index is -1.30. The summed E-state index contributed by atoms with van der Waals surface area (Å²) >= 11 is 0. The molecule has 4 nitrogen and oxygen atoms in total. The van der Waals surface area contributed by atoms with Gasteiger partial charge in [-0.05, 0) is 43.7 Å². The summed E-state index contributed by atoms with van der Waals surface area (Å²) in [4.78, 5) is 14.4. The molecule has 0 bridgehead atoms. The second-order valence-corrected chi connectivity index (χ2v) is 7.19. The second kappa shape index (κ2) is 8.64. The van der Waals surface area contributed by atoms with Crippen LogP contribution in [0.2, 0.25) is 0 Å². The van der Waals surface area contributed by atoms with Crippen molar-refractivity contribution >= 4 is 22.4 Å². The summed E-state index contributed by atoms with van der Waals surface area (Å²) in [7, 11) is 0.300. The van der Waals surface area contributed by atoms with Gasteiger partial charge >= 0.3 is 0 Å². The number of carbonyl (C=O) groups excluding carboxylic acids is 1. The number of methoxy groups -OCH3 is 1. The summed E-state index contributed by atoms with van der Waals surface area (Å²) in [5.74, 6) is 0.934. The van der Waals surface area contributed by atoms with Crippen LogP contribution in [0.25, 0.3) is 0 Å². The molecule has 5 heteroatoms. The minimum Gasteiger partial charge on any atom is -0.497 e. The molecule has 24 heavy (non-hydrogen) atoms. The zero-order chi connectivity index (χ0) is 17.5. The molecule has 0 aliphatic heterocycles. The van der Waals surface area contributed by atoms with E-state index in [1.807, 2.05) is 61.5 Å². The van der Waals surface area contributed by atoms with Gasteiger partial charge in [0.05, 0.1) is 7.11 Å². The summed E-state index contributed by atoms with van der Waals surface area (Å²) in [6.07, 6.45) is 0. The molecule has 0 spiro atoms. The number of benzene rings is 2. The van der Waals surface area contributed by atoms with Crippen molar-refractivity contribution < 1.29 is 13.7 Å². The number of amides is 1. The quantitative estimate of drug-likeness (QED) is 0.773. The maximum atomic E-state index is 12.7. The normalized spacial score (nSPS) is 13.1. The van der Waals surface area contributed by atoms with Gasteiger partial charge < -0.3 is 9.64 Å². The molecular weight excluding hydrogens is 322 g/mol. The van der Waals surface area contributed by atoms with Gasteiger partial charge in [0, 0.05) is 28.8 Å². The summed E-state index contributed by atoms with van der Waals surface area (Å²) in [5.41, 5.74) is 1.73. The fraction of sp³-hybridized carbons (Fsp3) is 0.316. The molecule has 2 unspecified atom stereocenters. The van der Waals surface area contributed by atoms with Crippen molar-refractivity contribution in [2.45, 2.75) is 24.9 Å². The lowest BCUT2D eigenvalue weighted by Gasteiger charge is -2.24. The van der Waals surface area contributed by atoms with Gasteiger partial charge in [0.1, 0.15) is 11.0 Å². The molecule has 2 aromatic carbocycles. The second-order valence-electron chi connectivity index (χ2n) is 5.44. The third kappa shape index (κ3) is 4.45. The fourth-order valence-electron chi connectivity index (χ4n) is 2.46. The lowest BCUT2D eigenvalue weighted by Crippen LogP contribution is -2.40. The van der Waals surface area contributed by atoms with E-state index in [0.29, 0.717) is 12.3 Å². The first-order valence-electron chi connectivity index (χ1n) is 7.93. The van der Waals surface area contributed by atoms with Crippen molar-refractivity contribution in [1.29, 1.82) is 0 Å². The monoisotopic (exact) mass is 345 g/mol. The number of para-hydroxylation sites is 1.